The summed E-state index contributed by atoms with van der Waals surface area (Å²) in [5.41, 5.74) is 4.06. The number of pyridine rings is 2. The predicted octanol–water partition coefficient (Wildman–Crippen LogP) is 5.25. The molecule has 0 saturated carbocycles. The first-order valence-electron chi connectivity index (χ1n) is 9.44. The highest BCUT2D eigenvalue weighted by Crippen LogP contribution is 2.42. The van der Waals surface area contributed by atoms with Crippen LogP contribution in [0.2, 0.25) is 5.02 Å². The Hall–Kier alpha value is -2.67. The van der Waals surface area contributed by atoms with Crippen LogP contribution in [0.15, 0.2) is 55.0 Å². The molecule has 154 valence electrons. The molecule has 1 fully saturated rings. The minimum Gasteiger partial charge on any atom is -0.487 e. The van der Waals surface area contributed by atoms with E-state index in [2.05, 4.69) is 20.3 Å². The van der Waals surface area contributed by atoms with Crippen LogP contribution in [0, 0.1) is 5.82 Å². The maximum absolute atomic E-state index is 14.8. The van der Waals surface area contributed by atoms with Crippen LogP contribution in [0.5, 0.6) is 5.75 Å². The van der Waals surface area contributed by atoms with Crippen LogP contribution in [0.4, 0.5) is 4.39 Å². The lowest BCUT2D eigenvalue weighted by atomic mass is 10.00. The van der Waals surface area contributed by atoms with E-state index in [0.717, 1.165) is 36.3 Å². The van der Waals surface area contributed by atoms with Crippen molar-refractivity contribution in [3.8, 4) is 28.1 Å². The van der Waals surface area contributed by atoms with Crippen molar-refractivity contribution in [1.29, 1.82) is 0 Å². The molecule has 0 amide bonds. The van der Waals surface area contributed by atoms with Crippen LogP contribution in [0.25, 0.3) is 33.4 Å². The molecule has 1 aliphatic rings. The molecule has 0 bridgehead atoms. The topological polar surface area (TPSA) is 62.8 Å². The summed E-state index contributed by atoms with van der Waals surface area (Å²) >= 11 is 6.19. The summed E-state index contributed by atoms with van der Waals surface area (Å²) in [5, 5.41) is 3.76. The van der Waals surface area contributed by atoms with E-state index in [1.54, 1.807) is 24.7 Å². The largest absolute Gasteiger partial charge is 0.487 e. The van der Waals surface area contributed by atoms with E-state index in [1.165, 1.54) is 12.1 Å². The number of nitrogens with one attached hydrogen (secondary N) is 2. The van der Waals surface area contributed by atoms with E-state index in [0.29, 0.717) is 27.4 Å². The number of nitrogens with zero attached hydrogens (tertiary/aromatic N) is 2. The fourth-order valence-corrected chi connectivity index (χ4v) is 3.94. The van der Waals surface area contributed by atoms with Crippen molar-refractivity contribution in [1.82, 2.24) is 20.3 Å². The van der Waals surface area contributed by atoms with Crippen LogP contribution in [-0.2, 0) is 0 Å². The van der Waals surface area contributed by atoms with Crippen molar-refractivity contribution < 1.29 is 9.13 Å². The van der Waals surface area contributed by atoms with Crippen LogP contribution >= 0.6 is 24.0 Å². The van der Waals surface area contributed by atoms with Crippen molar-refractivity contribution >= 4 is 35.0 Å². The molecule has 1 saturated heterocycles. The summed E-state index contributed by atoms with van der Waals surface area (Å²) in [6.07, 6.45) is 6.10. The van der Waals surface area contributed by atoms with E-state index >= 15 is 0 Å². The first kappa shape index (κ1) is 20.6. The van der Waals surface area contributed by atoms with Gasteiger partial charge in [-0.2, -0.15) is 0 Å². The number of fused-ring (bicyclic) bond motifs is 1. The molecule has 0 aliphatic carbocycles. The molecule has 4 aromatic rings. The Labute approximate surface area is 184 Å². The van der Waals surface area contributed by atoms with E-state index < -0.39 is 0 Å². The van der Waals surface area contributed by atoms with E-state index in [-0.39, 0.29) is 24.3 Å². The number of hydrogen-bond acceptors (Lipinski definition) is 4. The highest BCUT2D eigenvalue weighted by atomic mass is 35.5. The van der Waals surface area contributed by atoms with Crippen molar-refractivity contribution in [2.24, 2.45) is 0 Å². The molecule has 1 unspecified atom stereocenters. The molecule has 1 aliphatic heterocycles. The zero-order valence-corrected chi connectivity index (χ0v) is 17.4. The second-order valence-electron chi connectivity index (χ2n) is 7.00. The molecule has 0 radical (unpaired) electrons. The van der Waals surface area contributed by atoms with Gasteiger partial charge in [0.2, 0.25) is 0 Å². The second kappa shape index (κ2) is 8.60. The van der Waals surface area contributed by atoms with Gasteiger partial charge in [0.05, 0.1) is 22.9 Å². The second-order valence-corrected chi connectivity index (χ2v) is 7.44. The first-order valence-corrected chi connectivity index (χ1v) is 9.82. The Morgan fingerprint density at radius 3 is 2.87 bits per heavy atom. The quantitative estimate of drug-likeness (QED) is 0.451. The fourth-order valence-electron chi connectivity index (χ4n) is 3.76. The molecule has 5 rings (SSSR count). The highest BCUT2D eigenvalue weighted by Gasteiger charge is 2.23. The lowest BCUT2D eigenvalue weighted by molar-refractivity contribution is 0.223. The van der Waals surface area contributed by atoms with Gasteiger partial charge in [0.25, 0.3) is 0 Å². The number of aromatic nitrogens is 3. The van der Waals surface area contributed by atoms with E-state index in [1.807, 2.05) is 18.2 Å². The molecule has 8 heteroatoms. The molecule has 4 heterocycles. The summed E-state index contributed by atoms with van der Waals surface area (Å²) in [5.74, 6) is 0.287. The van der Waals surface area contributed by atoms with Gasteiger partial charge in [-0.3, -0.25) is 9.97 Å². The Morgan fingerprint density at radius 1 is 1.13 bits per heavy atom. The normalized spacial score (nSPS) is 15.9. The van der Waals surface area contributed by atoms with Gasteiger partial charge in [-0.25, -0.2) is 4.39 Å². The standard InChI is InChI=1S/C22H18ClFN4O.ClH/c23-13-3-4-17(24)16(10-13)20-21(28-18-2-1-7-27-22(18)20)15-6-9-26-12-19(15)29-14-5-8-25-11-14;/h1-4,6-7,9-10,12,14,25,28H,5,8,11H2;1H. The van der Waals surface area contributed by atoms with Gasteiger partial charge in [0, 0.05) is 40.7 Å². The summed E-state index contributed by atoms with van der Waals surface area (Å²) < 4.78 is 21.0. The summed E-state index contributed by atoms with van der Waals surface area (Å²) in [7, 11) is 0. The number of rotatable bonds is 4. The number of hydrogen-bond donors (Lipinski definition) is 2. The molecular formula is C22H19Cl2FN4O. The lowest BCUT2D eigenvalue weighted by Crippen LogP contribution is -2.20. The van der Waals surface area contributed by atoms with Crippen molar-refractivity contribution in [3.63, 3.8) is 0 Å². The predicted molar refractivity (Wildman–Crippen MR) is 119 cm³/mol. The van der Waals surface area contributed by atoms with E-state index in [4.69, 9.17) is 16.3 Å². The zero-order valence-electron chi connectivity index (χ0n) is 15.9. The maximum atomic E-state index is 14.8. The molecule has 30 heavy (non-hydrogen) atoms. The zero-order chi connectivity index (χ0) is 19.8. The van der Waals surface area contributed by atoms with Crippen molar-refractivity contribution in [3.05, 3.63) is 65.8 Å². The average Bonchev–Trinajstić information content (AvgIpc) is 3.38. The molecule has 1 atom stereocenters. The number of ether oxygens (including phenoxy) is 1. The van der Waals surface area contributed by atoms with Gasteiger partial charge in [0.1, 0.15) is 17.7 Å². The molecular weight excluding hydrogens is 426 g/mol. The van der Waals surface area contributed by atoms with Gasteiger partial charge in [-0.15, -0.1) is 12.4 Å². The van der Waals surface area contributed by atoms with Gasteiger partial charge in [-0.05, 0) is 49.4 Å². The number of H-pyrrole nitrogens is 1. The van der Waals surface area contributed by atoms with Crippen LogP contribution in [0.3, 0.4) is 0 Å². The fraction of sp³-hybridized carbons (Fsp3) is 0.182. The molecule has 5 nitrogen and oxygen atoms in total. The SMILES string of the molecule is Cl.Fc1ccc(Cl)cc1-c1c(-c2ccncc2OC2CCNC2)[nH]c2cccnc12. The van der Waals surface area contributed by atoms with Crippen LogP contribution < -0.4 is 10.1 Å². The molecule has 1 aromatic carbocycles. The minimum atomic E-state index is -0.362. The third kappa shape index (κ3) is 3.74. The average molecular weight is 445 g/mol. The van der Waals surface area contributed by atoms with Gasteiger partial charge in [-0.1, -0.05) is 11.6 Å². The number of benzene rings is 1. The molecule has 2 N–H and O–H groups in total. The number of aromatic amines is 1. The smallest absolute Gasteiger partial charge is 0.147 e. The van der Waals surface area contributed by atoms with Gasteiger partial charge >= 0.3 is 0 Å². The highest BCUT2D eigenvalue weighted by molar-refractivity contribution is 6.31. The monoisotopic (exact) mass is 444 g/mol. The third-order valence-electron chi connectivity index (χ3n) is 5.11. The Kier molecular flexibility index (Phi) is 5.90. The maximum Gasteiger partial charge on any atom is 0.147 e. The van der Waals surface area contributed by atoms with E-state index in [9.17, 15) is 4.39 Å². The Bertz CT molecular complexity index is 1190. The van der Waals surface area contributed by atoms with Gasteiger partial charge < -0.3 is 15.0 Å². The van der Waals surface area contributed by atoms with Crippen LogP contribution in [-0.4, -0.2) is 34.1 Å². The van der Waals surface area contributed by atoms with Crippen molar-refractivity contribution in [2.75, 3.05) is 13.1 Å². The lowest BCUT2D eigenvalue weighted by Gasteiger charge is -2.16. The molecule has 3 aromatic heterocycles. The molecule has 0 spiro atoms. The number of halogens is 3. The minimum absolute atomic E-state index is 0. The Morgan fingerprint density at radius 2 is 2.03 bits per heavy atom. The summed E-state index contributed by atoms with van der Waals surface area (Å²) in [4.78, 5) is 12.1. The third-order valence-corrected chi connectivity index (χ3v) is 5.35. The first-order chi connectivity index (χ1) is 14.2. The Balaban J connectivity index is 0.00000218. The summed E-state index contributed by atoms with van der Waals surface area (Å²) in [6.45, 7) is 1.72. The van der Waals surface area contributed by atoms with Crippen molar-refractivity contribution in [2.45, 2.75) is 12.5 Å². The van der Waals surface area contributed by atoms with Crippen LogP contribution in [0.1, 0.15) is 6.42 Å². The summed E-state index contributed by atoms with van der Waals surface area (Å²) in [6, 6.07) is 10.2. The van der Waals surface area contributed by atoms with Gasteiger partial charge in [0.15, 0.2) is 0 Å².